The van der Waals surface area contributed by atoms with Gasteiger partial charge >= 0.3 is 6.61 Å². The summed E-state index contributed by atoms with van der Waals surface area (Å²) in [6, 6.07) is 11.7. The van der Waals surface area contributed by atoms with Gasteiger partial charge in [-0.15, -0.1) is 0 Å². The molecule has 0 unspecified atom stereocenters. The Morgan fingerprint density at radius 2 is 1.77 bits per heavy atom. The van der Waals surface area contributed by atoms with Crippen LogP contribution in [0.25, 0.3) is 0 Å². The molecule has 140 valence electrons. The number of ether oxygens (including phenoxy) is 2. The monoisotopic (exact) mass is 364 g/mol. The Morgan fingerprint density at radius 3 is 2.35 bits per heavy atom. The van der Waals surface area contributed by atoms with Crippen molar-refractivity contribution in [3.05, 3.63) is 59.2 Å². The molecule has 0 spiro atoms. The fourth-order valence-corrected chi connectivity index (χ4v) is 2.46. The molecule has 0 aliphatic rings. The molecule has 0 radical (unpaired) electrons. The van der Waals surface area contributed by atoms with Crippen molar-refractivity contribution < 1.29 is 23.0 Å². The zero-order valence-electron chi connectivity index (χ0n) is 14.7. The number of carbonyl (C=O) groups excluding carboxylic acids is 1. The van der Waals surface area contributed by atoms with Gasteiger partial charge in [-0.3, -0.25) is 4.79 Å². The minimum Gasteiger partial charge on any atom is -0.490 e. The lowest BCUT2D eigenvalue weighted by atomic mass is 10.1. The Morgan fingerprint density at radius 1 is 1.12 bits per heavy atom. The number of hydrogen-bond donors (Lipinski definition) is 1. The third kappa shape index (κ3) is 5.16. The minimum atomic E-state index is -2.93. The zero-order chi connectivity index (χ0) is 19.1. The van der Waals surface area contributed by atoms with Gasteiger partial charge in [0.2, 0.25) is 0 Å². The van der Waals surface area contributed by atoms with E-state index in [0.29, 0.717) is 25.3 Å². The molecular formula is C19H22F2N2O3. The standard InChI is InChI=1S/C19H22F2N2O3/c1-3-25-17-10-14(6-9-16(17)26-19(20)21)12-23(2)18(24)15-7-4-13(11-22)5-8-15/h4-10,19H,3,11-12,22H2,1-2H3. The van der Waals surface area contributed by atoms with Crippen molar-refractivity contribution in [1.82, 2.24) is 4.90 Å². The number of rotatable bonds is 8. The van der Waals surface area contributed by atoms with E-state index in [4.69, 9.17) is 10.5 Å². The maximum atomic E-state index is 12.5. The molecule has 0 aliphatic heterocycles. The van der Waals surface area contributed by atoms with Gasteiger partial charge in [-0.1, -0.05) is 18.2 Å². The third-order valence-electron chi connectivity index (χ3n) is 3.73. The number of carbonyl (C=O) groups is 1. The van der Waals surface area contributed by atoms with Gasteiger partial charge in [-0.2, -0.15) is 8.78 Å². The van der Waals surface area contributed by atoms with E-state index in [2.05, 4.69) is 4.74 Å². The van der Waals surface area contributed by atoms with E-state index >= 15 is 0 Å². The van der Waals surface area contributed by atoms with Gasteiger partial charge in [0, 0.05) is 25.7 Å². The second-order valence-electron chi connectivity index (χ2n) is 5.65. The normalized spacial score (nSPS) is 10.7. The molecule has 0 saturated heterocycles. The van der Waals surface area contributed by atoms with Crippen LogP contribution in [0, 0.1) is 0 Å². The maximum Gasteiger partial charge on any atom is 0.387 e. The Labute approximate surface area is 151 Å². The summed E-state index contributed by atoms with van der Waals surface area (Å²) in [4.78, 5) is 14.0. The highest BCUT2D eigenvalue weighted by atomic mass is 19.3. The molecule has 2 aromatic rings. The molecule has 2 N–H and O–H groups in total. The van der Waals surface area contributed by atoms with Gasteiger partial charge in [0.25, 0.3) is 5.91 Å². The molecule has 0 aliphatic carbocycles. The van der Waals surface area contributed by atoms with E-state index in [-0.39, 0.29) is 17.4 Å². The smallest absolute Gasteiger partial charge is 0.387 e. The zero-order valence-corrected chi connectivity index (χ0v) is 14.7. The highest BCUT2D eigenvalue weighted by Crippen LogP contribution is 2.30. The highest BCUT2D eigenvalue weighted by molar-refractivity contribution is 5.94. The van der Waals surface area contributed by atoms with Gasteiger partial charge in [-0.25, -0.2) is 0 Å². The molecule has 1 amide bonds. The summed E-state index contributed by atoms with van der Waals surface area (Å²) in [7, 11) is 1.67. The van der Waals surface area contributed by atoms with Crippen LogP contribution >= 0.6 is 0 Å². The third-order valence-corrected chi connectivity index (χ3v) is 3.73. The van der Waals surface area contributed by atoms with Crippen LogP contribution in [-0.4, -0.2) is 31.1 Å². The molecule has 0 aromatic heterocycles. The summed E-state index contributed by atoms with van der Waals surface area (Å²) in [6.07, 6.45) is 0. The van der Waals surface area contributed by atoms with Crippen molar-refractivity contribution in [2.75, 3.05) is 13.7 Å². The van der Waals surface area contributed by atoms with Crippen molar-refractivity contribution in [2.45, 2.75) is 26.6 Å². The minimum absolute atomic E-state index is 0.0306. The van der Waals surface area contributed by atoms with Crippen LogP contribution in [0.5, 0.6) is 11.5 Å². The molecule has 0 heterocycles. The average molecular weight is 364 g/mol. The van der Waals surface area contributed by atoms with Crippen LogP contribution in [0.3, 0.4) is 0 Å². The van der Waals surface area contributed by atoms with Gasteiger partial charge in [0.05, 0.1) is 6.61 Å². The molecule has 2 aromatic carbocycles. The quantitative estimate of drug-likeness (QED) is 0.780. The number of nitrogens with two attached hydrogens (primary N) is 1. The van der Waals surface area contributed by atoms with Gasteiger partial charge in [0.15, 0.2) is 11.5 Å². The van der Waals surface area contributed by atoms with Crippen LogP contribution in [0.15, 0.2) is 42.5 Å². The van der Waals surface area contributed by atoms with E-state index in [1.165, 1.54) is 11.0 Å². The summed E-state index contributed by atoms with van der Waals surface area (Å²) in [5.41, 5.74) is 7.79. The Kier molecular flexibility index (Phi) is 6.91. The first-order valence-corrected chi connectivity index (χ1v) is 8.19. The van der Waals surface area contributed by atoms with E-state index in [1.807, 2.05) is 12.1 Å². The summed E-state index contributed by atoms with van der Waals surface area (Å²) in [5, 5.41) is 0. The van der Waals surface area contributed by atoms with Crippen molar-refractivity contribution in [1.29, 1.82) is 0 Å². The van der Waals surface area contributed by atoms with Crippen LogP contribution in [0.4, 0.5) is 8.78 Å². The predicted octanol–water partition coefficient (Wildman–Crippen LogP) is 3.42. The fraction of sp³-hybridized carbons (Fsp3) is 0.316. The first-order valence-electron chi connectivity index (χ1n) is 8.19. The molecule has 0 fully saturated rings. The first-order chi connectivity index (χ1) is 12.4. The second-order valence-corrected chi connectivity index (χ2v) is 5.65. The summed E-state index contributed by atoms with van der Waals surface area (Å²) in [5.74, 6) is 0.0369. The van der Waals surface area contributed by atoms with Crippen molar-refractivity contribution in [2.24, 2.45) is 5.73 Å². The van der Waals surface area contributed by atoms with Gasteiger partial charge in [-0.05, 0) is 42.3 Å². The molecule has 26 heavy (non-hydrogen) atoms. The van der Waals surface area contributed by atoms with E-state index in [1.54, 1.807) is 38.2 Å². The van der Waals surface area contributed by atoms with E-state index in [9.17, 15) is 13.6 Å². The van der Waals surface area contributed by atoms with Crippen molar-refractivity contribution >= 4 is 5.91 Å². The maximum absolute atomic E-state index is 12.5. The molecule has 0 saturated carbocycles. The van der Waals surface area contributed by atoms with Crippen molar-refractivity contribution in [3.8, 4) is 11.5 Å². The average Bonchev–Trinajstić information content (AvgIpc) is 2.63. The number of halogens is 2. The number of nitrogens with zero attached hydrogens (tertiary/aromatic N) is 1. The molecule has 0 bridgehead atoms. The van der Waals surface area contributed by atoms with Crippen LogP contribution in [0.2, 0.25) is 0 Å². The lowest BCUT2D eigenvalue weighted by molar-refractivity contribution is -0.0514. The summed E-state index contributed by atoms with van der Waals surface area (Å²) in [6.45, 7) is -0.157. The SMILES string of the molecule is CCOc1cc(CN(C)C(=O)c2ccc(CN)cc2)ccc1OC(F)F. The van der Waals surface area contributed by atoms with E-state index in [0.717, 1.165) is 11.1 Å². The molecule has 5 nitrogen and oxygen atoms in total. The van der Waals surface area contributed by atoms with Gasteiger partial charge in [0.1, 0.15) is 0 Å². The number of hydrogen-bond acceptors (Lipinski definition) is 4. The lowest BCUT2D eigenvalue weighted by Crippen LogP contribution is -2.26. The van der Waals surface area contributed by atoms with Crippen LogP contribution in [0.1, 0.15) is 28.4 Å². The topological polar surface area (TPSA) is 64.8 Å². The number of amides is 1. The molecule has 2 rings (SSSR count). The van der Waals surface area contributed by atoms with E-state index < -0.39 is 6.61 Å². The summed E-state index contributed by atoms with van der Waals surface area (Å²) < 4.78 is 34.7. The molecule has 0 atom stereocenters. The fourth-order valence-electron chi connectivity index (χ4n) is 2.46. The Balaban J connectivity index is 2.12. The lowest BCUT2D eigenvalue weighted by Gasteiger charge is -2.19. The Hall–Kier alpha value is -2.67. The van der Waals surface area contributed by atoms with Crippen LogP contribution < -0.4 is 15.2 Å². The highest BCUT2D eigenvalue weighted by Gasteiger charge is 2.15. The Bertz CT molecular complexity index is 736. The van der Waals surface area contributed by atoms with Gasteiger partial charge < -0.3 is 20.1 Å². The van der Waals surface area contributed by atoms with Crippen LogP contribution in [-0.2, 0) is 13.1 Å². The molecule has 7 heteroatoms. The first kappa shape index (κ1) is 19.7. The largest absolute Gasteiger partial charge is 0.490 e. The predicted molar refractivity (Wildman–Crippen MR) is 94.4 cm³/mol. The number of alkyl halides is 2. The summed E-state index contributed by atoms with van der Waals surface area (Å²) >= 11 is 0. The number of benzene rings is 2. The second kappa shape index (κ2) is 9.15. The molecular weight excluding hydrogens is 342 g/mol. The van der Waals surface area contributed by atoms with Crippen molar-refractivity contribution in [3.63, 3.8) is 0 Å².